The molecule has 2 aromatic heterocycles. The highest BCUT2D eigenvalue weighted by atomic mass is 16.2. The third kappa shape index (κ3) is 4.96. The van der Waals surface area contributed by atoms with Crippen LogP contribution in [0.3, 0.4) is 0 Å². The zero-order chi connectivity index (χ0) is 21.6. The lowest BCUT2D eigenvalue weighted by Gasteiger charge is -2.08. The molecule has 9 nitrogen and oxygen atoms in total. The van der Waals surface area contributed by atoms with E-state index in [-0.39, 0.29) is 18.4 Å². The van der Waals surface area contributed by atoms with Gasteiger partial charge in [0.2, 0.25) is 11.7 Å². The van der Waals surface area contributed by atoms with Crippen LogP contribution in [0.4, 0.5) is 11.4 Å². The summed E-state index contributed by atoms with van der Waals surface area (Å²) >= 11 is 0. The number of para-hydroxylation sites is 1. The van der Waals surface area contributed by atoms with Gasteiger partial charge in [0.25, 0.3) is 5.91 Å². The summed E-state index contributed by atoms with van der Waals surface area (Å²) < 4.78 is 0. The molecule has 4 rings (SSSR count). The van der Waals surface area contributed by atoms with E-state index < -0.39 is 0 Å². The first-order valence-corrected chi connectivity index (χ1v) is 9.53. The average Bonchev–Trinajstić information content (AvgIpc) is 3.24. The summed E-state index contributed by atoms with van der Waals surface area (Å²) in [6.07, 6.45) is 3.10. The fourth-order valence-corrected chi connectivity index (χ4v) is 2.87. The van der Waals surface area contributed by atoms with Gasteiger partial charge in [-0.3, -0.25) is 14.6 Å². The summed E-state index contributed by atoms with van der Waals surface area (Å²) in [4.78, 5) is 29.9. The Bertz CT molecular complexity index is 1200. The highest BCUT2D eigenvalue weighted by Crippen LogP contribution is 2.24. The molecule has 31 heavy (non-hydrogen) atoms. The van der Waals surface area contributed by atoms with Crippen LogP contribution in [-0.4, -0.2) is 37.0 Å². The minimum absolute atomic E-state index is 0.0909. The van der Waals surface area contributed by atoms with Crippen molar-refractivity contribution >= 4 is 23.2 Å². The number of hydrogen-bond acceptors (Lipinski definition) is 6. The van der Waals surface area contributed by atoms with E-state index >= 15 is 0 Å². The van der Waals surface area contributed by atoms with Crippen LogP contribution in [0.1, 0.15) is 15.9 Å². The van der Waals surface area contributed by atoms with Gasteiger partial charge in [-0.2, -0.15) is 4.80 Å². The number of hydrogen-bond donors (Lipinski definition) is 2. The first kappa shape index (κ1) is 19.9. The highest BCUT2D eigenvalue weighted by molar-refractivity contribution is 6.05. The second kappa shape index (κ2) is 8.95. The van der Waals surface area contributed by atoms with Crippen LogP contribution < -0.4 is 10.6 Å². The second-order valence-corrected chi connectivity index (χ2v) is 6.79. The molecule has 0 radical (unpaired) electrons. The summed E-state index contributed by atoms with van der Waals surface area (Å²) in [5.41, 5.74) is 3.41. The maximum Gasteiger partial charge on any atom is 0.255 e. The molecule has 2 amide bonds. The molecule has 2 heterocycles. The molecule has 0 fully saturated rings. The molecule has 0 spiro atoms. The number of amides is 2. The summed E-state index contributed by atoms with van der Waals surface area (Å²) in [5.74, 6) is -0.249. The number of aromatic nitrogens is 5. The summed E-state index contributed by atoms with van der Waals surface area (Å²) in [6, 6.07) is 17.9. The lowest BCUT2D eigenvalue weighted by molar-refractivity contribution is -0.117. The van der Waals surface area contributed by atoms with Crippen LogP contribution in [-0.2, 0) is 11.3 Å². The van der Waals surface area contributed by atoms with Crippen molar-refractivity contribution in [3.8, 4) is 11.4 Å². The van der Waals surface area contributed by atoms with Gasteiger partial charge in [-0.15, -0.1) is 10.2 Å². The van der Waals surface area contributed by atoms with Crippen molar-refractivity contribution in [3.05, 3.63) is 84.2 Å². The van der Waals surface area contributed by atoms with Crippen molar-refractivity contribution in [2.75, 3.05) is 10.6 Å². The van der Waals surface area contributed by atoms with Crippen molar-refractivity contribution in [1.82, 2.24) is 25.2 Å². The van der Waals surface area contributed by atoms with E-state index in [9.17, 15) is 9.59 Å². The normalized spacial score (nSPS) is 10.5. The van der Waals surface area contributed by atoms with E-state index in [4.69, 9.17) is 0 Å². The minimum Gasteiger partial charge on any atom is -0.324 e. The van der Waals surface area contributed by atoms with E-state index in [1.165, 1.54) is 4.80 Å². The summed E-state index contributed by atoms with van der Waals surface area (Å²) in [6.45, 7) is 1.89. The first-order valence-electron chi connectivity index (χ1n) is 9.53. The number of benzene rings is 2. The molecule has 0 saturated carbocycles. The maximum atomic E-state index is 12.5. The van der Waals surface area contributed by atoms with Gasteiger partial charge in [-0.25, -0.2) is 0 Å². The predicted octanol–water partition coefficient (Wildman–Crippen LogP) is 2.93. The molecule has 154 valence electrons. The number of carbonyl (C=O) groups is 2. The maximum absolute atomic E-state index is 12.5. The van der Waals surface area contributed by atoms with Gasteiger partial charge in [0.05, 0.1) is 5.69 Å². The van der Waals surface area contributed by atoms with Gasteiger partial charge in [0.1, 0.15) is 6.54 Å². The molecule has 0 aliphatic carbocycles. The Labute approximate surface area is 178 Å². The zero-order valence-electron chi connectivity index (χ0n) is 16.7. The quantitative estimate of drug-likeness (QED) is 0.502. The molecule has 9 heteroatoms. The number of nitrogens with one attached hydrogen (secondary N) is 2. The molecule has 0 aliphatic heterocycles. The number of nitrogens with zero attached hydrogens (tertiary/aromatic N) is 5. The van der Waals surface area contributed by atoms with Crippen LogP contribution in [0.2, 0.25) is 0 Å². The Kier molecular flexibility index (Phi) is 5.75. The van der Waals surface area contributed by atoms with Crippen molar-refractivity contribution in [1.29, 1.82) is 0 Å². The number of rotatable bonds is 6. The molecule has 2 aromatic carbocycles. The number of carbonyl (C=O) groups excluding carboxylic acids is 2. The van der Waals surface area contributed by atoms with Gasteiger partial charge in [0.15, 0.2) is 0 Å². The lowest BCUT2D eigenvalue weighted by atomic mass is 10.1. The monoisotopic (exact) mass is 413 g/mol. The smallest absolute Gasteiger partial charge is 0.255 e. The molecule has 4 aromatic rings. The molecule has 0 unspecified atom stereocenters. The van der Waals surface area contributed by atoms with Gasteiger partial charge in [0, 0.05) is 29.2 Å². The number of aryl methyl sites for hydroxylation is 1. The Hall–Kier alpha value is -4.40. The van der Waals surface area contributed by atoms with Gasteiger partial charge < -0.3 is 10.6 Å². The number of anilines is 2. The zero-order valence-corrected chi connectivity index (χ0v) is 16.7. The van der Waals surface area contributed by atoms with Crippen LogP contribution in [0, 0.1) is 6.92 Å². The SMILES string of the molecule is Cc1ccc(NC(=O)Cn2nnc(-c3ccccc3NC(=O)c3ccncc3)n2)cc1. The highest BCUT2D eigenvalue weighted by Gasteiger charge is 2.15. The van der Waals surface area contributed by atoms with Crippen LogP contribution in [0.15, 0.2) is 73.1 Å². The second-order valence-electron chi connectivity index (χ2n) is 6.79. The largest absolute Gasteiger partial charge is 0.324 e. The molecule has 0 aliphatic rings. The van der Waals surface area contributed by atoms with E-state index in [1.807, 2.05) is 37.3 Å². The van der Waals surface area contributed by atoms with Crippen LogP contribution >= 0.6 is 0 Å². The summed E-state index contributed by atoms with van der Waals surface area (Å²) in [7, 11) is 0. The third-order valence-electron chi connectivity index (χ3n) is 4.43. The van der Waals surface area contributed by atoms with E-state index in [1.54, 1.807) is 42.7 Å². The lowest BCUT2D eigenvalue weighted by Crippen LogP contribution is -2.20. The average molecular weight is 413 g/mol. The van der Waals surface area contributed by atoms with Crippen LogP contribution in [0.25, 0.3) is 11.4 Å². The Morgan fingerprint density at radius 2 is 1.68 bits per heavy atom. The fourth-order valence-electron chi connectivity index (χ4n) is 2.87. The standard InChI is InChI=1S/C22H19N7O2/c1-15-6-8-17(9-7-15)24-20(30)14-29-27-21(26-28-29)18-4-2-3-5-19(18)25-22(31)16-10-12-23-13-11-16/h2-13H,14H2,1H3,(H,24,30)(H,25,31). The third-order valence-corrected chi connectivity index (χ3v) is 4.43. The first-order chi connectivity index (χ1) is 15.1. The van der Waals surface area contributed by atoms with Crippen LogP contribution in [0.5, 0.6) is 0 Å². The topological polar surface area (TPSA) is 115 Å². The fraction of sp³-hybridized carbons (Fsp3) is 0.0909. The number of pyridine rings is 1. The Morgan fingerprint density at radius 3 is 2.45 bits per heavy atom. The van der Waals surface area contributed by atoms with E-state index in [0.717, 1.165) is 5.56 Å². The summed E-state index contributed by atoms with van der Waals surface area (Å²) in [5, 5.41) is 17.9. The Balaban J connectivity index is 1.47. The van der Waals surface area contributed by atoms with E-state index in [2.05, 4.69) is 31.0 Å². The van der Waals surface area contributed by atoms with Crippen molar-refractivity contribution in [2.24, 2.45) is 0 Å². The predicted molar refractivity (Wildman–Crippen MR) is 115 cm³/mol. The number of tetrazole rings is 1. The molecule has 2 N–H and O–H groups in total. The van der Waals surface area contributed by atoms with Crippen molar-refractivity contribution in [2.45, 2.75) is 13.5 Å². The van der Waals surface area contributed by atoms with Gasteiger partial charge in [-0.05, 0) is 48.5 Å². The Morgan fingerprint density at radius 1 is 0.935 bits per heavy atom. The van der Waals surface area contributed by atoms with Crippen molar-refractivity contribution < 1.29 is 9.59 Å². The van der Waals surface area contributed by atoms with Gasteiger partial charge in [-0.1, -0.05) is 29.8 Å². The molecule has 0 atom stereocenters. The molecular formula is C22H19N7O2. The van der Waals surface area contributed by atoms with Crippen molar-refractivity contribution in [3.63, 3.8) is 0 Å². The van der Waals surface area contributed by atoms with Gasteiger partial charge >= 0.3 is 0 Å². The molecular weight excluding hydrogens is 394 g/mol. The minimum atomic E-state index is -0.278. The molecule has 0 saturated heterocycles. The van der Waals surface area contributed by atoms with E-state index in [0.29, 0.717) is 28.3 Å². The molecule has 0 bridgehead atoms.